The summed E-state index contributed by atoms with van der Waals surface area (Å²) in [5.74, 6) is 0.145. The Balaban J connectivity index is 2.37. The average Bonchev–Trinajstić information content (AvgIpc) is 2.48. The van der Waals surface area contributed by atoms with Crippen molar-refractivity contribution in [1.29, 1.82) is 0 Å². The fraction of sp³-hybridized carbons (Fsp3) is 0.533. The van der Waals surface area contributed by atoms with Gasteiger partial charge < -0.3 is 5.32 Å². The van der Waals surface area contributed by atoms with Crippen LogP contribution in [0.2, 0.25) is 0 Å². The summed E-state index contributed by atoms with van der Waals surface area (Å²) < 4.78 is 0. The number of carbonyl (C=O) groups is 1. The number of amides is 1. The predicted molar refractivity (Wildman–Crippen MR) is 71.3 cm³/mol. The zero-order valence-electron chi connectivity index (χ0n) is 11.0. The van der Waals surface area contributed by atoms with E-state index in [4.69, 9.17) is 0 Å². The molecule has 0 fully saturated rings. The van der Waals surface area contributed by atoms with Gasteiger partial charge in [0.2, 0.25) is 5.91 Å². The van der Waals surface area contributed by atoms with Crippen LogP contribution in [0, 0.1) is 0 Å². The normalized spacial score (nSPS) is 16.1. The van der Waals surface area contributed by atoms with Crippen molar-refractivity contribution in [3.63, 3.8) is 0 Å². The van der Waals surface area contributed by atoms with Gasteiger partial charge in [-0.1, -0.05) is 32.9 Å². The highest BCUT2D eigenvalue weighted by molar-refractivity contribution is 5.92. The number of carbonyl (C=O) groups excluding carboxylic acids is 1. The highest BCUT2D eigenvalue weighted by atomic mass is 16.1. The van der Waals surface area contributed by atoms with E-state index in [0.717, 1.165) is 24.9 Å². The van der Waals surface area contributed by atoms with Crippen LogP contribution >= 0.6 is 0 Å². The third kappa shape index (κ3) is 2.51. The maximum atomic E-state index is 11.5. The molecule has 1 amide bonds. The summed E-state index contributed by atoms with van der Waals surface area (Å²) in [6.45, 7) is 6.75. The number of anilines is 1. The topological polar surface area (TPSA) is 29.1 Å². The number of hydrogen-bond acceptors (Lipinski definition) is 1. The Labute approximate surface area is 103 Å². The van der Waals surface area contributed by atoms with E-state index < -0.39 is 0 Å². The maximum Gasteiger partial charge on any atom is 0.224 e. The molecule has 1 N–H and O–H groups in total. The zero-order valence-corrected chi connectivity index (χ0v) is 11.0. The van der Waals surface area contributed by atoms with Gasteiger partial charge in [0.25, 0.3) is 0 Å². The van der Waals surface area contributed by atoms with E-state index in [1.807, 2.05) is 0 Å². The first-order valence-corrected chi connectivity index (χ1v) is 6.46. The van der Waals surface area contributed by atoms with Crippen molar-refractivity contribution in [2.45, 2.75) is 51.9 Å². The molecular formula is C15H21NO. The van der Waals surface area contributed by atoms with Gasteiger partial charge in [-0.15, -0.1) is 0 Å². The summed E-state index contributed by atoms with van der Waals surface area (Å²) in [7, 11) is 0. The molecule has 2 heteroatoms. The Bertz CT molecular complexity index is 435. The average molecular weight is 231 g/mol. The number of aryl methyl sites for hydroxylation is 1. The lowest BCUT2D eigenvalue weighted by Crippen LogP contribution is -2.16. The minimum atomic E-state index is 0.145. The molecule has 0 aliphatic carbocycles. The lowest BCUT2D eigenvalue weighted by molar-refractivity contribution is -0.116. The number of rotatable bonds is 2. The highest BCUT2D eigenvalue weighted by Crippen LogP contribution is 2.31. The minimum Gasteiger partial charge on any atom is -0.326 e. The van der Waals surface area contributed by atoms with E-state index in [1.165, 1.54) is 11.1 Å². The molecule has 0 saturated carbocycles. The molecule has 2 rings (SSSR count). The second-order valence-electron chi connectivity index (χ2n) is 5.51. The monoisotopic (exact) mass is 231 g/mol. The number of benzene rings is 1. The molecule has 1 aliphatic heterocycles. The number of hydrogen-bond donors (Lipinski definition) is 1. The SMILES string of the molecule is CCC(C)(C)c1ccc2c(c1)CCCC(=O)N2. The van der Waals surface area contributed by atoms with Gasteiger partial charge in [-0.3, -0.25) is 4.79 Å². The zero-order chi connectivity index (χ0) is 12.5. The molecule has 0 spiro atoms. The lowest BCUT2D eigenvalue weighted by Gasteiger charge is -2.24. The van der Waals surface area contributed by atoms with Crippen LogP contribution in [0.5, 0.6) is 0 Å². The summed E-state index contributed by atoms with van der Waals surface area (Å²) in [6.07, 6.45) is 3.72. The summed E-state index contributed by atoms with van der Waals surface area (Å²) in [5.41, 5.74) is 3.87. The van der Waals surface area contributed by atoms with Crippen LogP contribution in [0.3, 0.4) is 0 Å². The number of nitrogens with one attached hydrogen (secondary N) is 1. The molecule has 0 unspecified atom stereocenters. The second kappa shape index (κ2) is 4.52. The molecule has 17 heavy (non-hydrogen) atoms. The van der Waals surface area contributed by atoms with Crippen LogP contribution in [0.4, 0.5) is 5.69 Å². The Morgan fingerprint density at radius 2 is 2.06 bits per heavy atom. The Morgan fingerprint density at radius 3 is 2.76 bits per heavy atom. The summed E-state index contributed by atoms with van der Waals surface area (Å²) >= 11 is 0. The maximum absolute atomic E-state index is 11.5. The first-order valence-electron chi connectivity index (χ1n) is 6.46. The van der Waals surface area contributed by atoms with Crippen molar-refractivity contribution >= 4 is 11.6 Å². The van der Waals surface area contributed by atoms with E-state index in [-0.39, 0.29) is 11.3 Å². The van der Waals surface area contributed by atoms with Crippen molar-refractivity contribution in [1.82, 2.24) is 0 Å². The van der Waals surface area contributed by atoms with Crippen LogP contribution in [0.1, 0.15) is 51.2 Å². The third-order valence-corrected chi connectivity index (χ3v) is 3.89. The van der Waals surface area contributed by atoms with Gasteiger partial charge in [-0.05, 0) is 41.9 Å². The Morgan fingerprint density at radius 1 is 1.29 bits per heavy atom. The molecule has 0 atom stereocenters. The van der Waals surface area contributed by atoms with E-state index in [9.17, 15) is 4.79 Å². The molecule has 92 valence electrons. The van der Waals surface area contributed by atoms with Crippen molar-refractivity contribution in [2.75, 3.05) is 5.32 Å². The second-order valence-corrected chi connectivity index (χ2v) is 5.51. The summed E-state index contributed by atoms with van der Waals surface area (Å²) in [5, 5.41) is 2.98. The number of fused-ring (bicyclic) bond motifs is 1. The third-order valence-electron chi connectivity index (χ3n) is 3.89. The highest BCUT2D eigenvalue weighted by Gasteiger charge is 2.20. The minimum absolute atomic E-state index is 0.145. The van der Waals surface area contributed by atoms with E-state index in [2.05, 4.69) is 44.3 Å². The van der Waals surface area contributed by atoms with Crippen LogP contribution < -0.4 is 5.32 Å². The first kappa shape index (κ1) is 12.2. The standard InChI is InChI=1S/C15H21NO/c1-4-15(2,3)12-8-9-13-11(10-12)6-5-7-14(17)16-13/h8-10H,4-7H2,1-3H3,(H,16,17). The molecule has 1 aromatic rings. The predicted octanol–water partition coefficient (Wildman–Crippen LogP) is 3.65. The van der Waals surface area contributed by atoms with Gasteiger partial charge in [-0.25, -0.2) is 0 Å². The molecule has 2 nitrogen and oxygen atoms in total. The van der Waals surface area contributed by atoms with Gasteiger partial charge in [0.15, 0.2) is 0 Å². The molecule has 0 aromatic heterocycles. The molecule has 0 bridgehead atoms. The Hall–Kier alpha value is -1.31. The van der Waals surface area contributed by atoms with E-state index >= 15 is 0 Å². The van der Waals surface area contributed by atoms with Crippen molar-refractivity contribution in [3.8, 4) is 0 Å². The first-order chi connectivity index (χ1) is 8.03. The Kier molecular flexibility index (Phi) is 3.23. The van der Waals surface area contributed by atoms with Crippen LogP contribution in [-0.4, -0.2) is 5.91 Å². The lowest BCUT2D eigenvalue weighted by atomic mass is 9.81. The molecule has 0 saturated heterocycles. The van der Waals surface area contributed by atoms with Gasteiger partial charge in [0, 0.05) is 12.1 Å². The quantitative estimate of drug-likeness (QED) is 0.827. The fourth-order valence-corrected chi connectivity index (χ4v) is 2.20. The van der Waals surface area contributed by atoms with E-state index in [1.54, 1.807) is 0 Å². The summed E-state index contributed by atoms with van der Waals surface area (Å²) in [6, 6.07) is 6.48. The molecule has 1 heterocycles. The molecule has 0 radical (unpaired) electrons. The van der Waals surface area contributed by atoms with Crippen molar-refractivity contribution in [3.05, 3.63) is 29.3 Å². The van der Waals surface area contributed by atoms with Gasteiger partial charge >= 0.3 is 0 Å². The fourth-order valence-electron chi connectivity index (χ4n) is 2.20. The van der Waals surface area contributed by atoms with Gasteiger partial charge in [-0.2, -0.15) is 0 Å². The molecule has 1 aromatic carbocycles. The van der Waals surface area contributed by atoms with Crippen molar-refractivity contribution < 1.29 is 4.79 Å². The van der Waals surface area contributed by atoms with Crippen molar-refractivity contribution in [2.24, 2.45) is 0 Å². The van der Waals surface area contributed by atoms with Gasteiger partial charge in [0.05, 0.1) is 0 Å². The van der Waals surface area contributed by atoms with Crippen LogP contribution in [0.25, 0.3) is 0 Å². The molecule has 1 aliphatic rings. The largest absolute Gasteiger partial charge is 0.326 e. The van der Waals surface area contributed by atoms with Gasteiger partial charge in [0.1, 0.15) is 0 Å². The van der Waals surface area contributed by atoms with Crippen LogP contribution in [-0.2, 0) is 16.6 Å². The smallest absolute Gasteiger partial charge is 0.224 e. The van der Waals surface area contributed by atoms with Crippen LogP contribution in [0.15, 0.2) is 18.2 Å². The van der Waals surface area contributed by atoms with E-state index in [0.29, 0.717) is 6.42 Å². The molecular weight excluding hydrogens is 210 g/mol. The summed E-state index contributed by atoms with van der Waals surface area (Å²) in [4.78, 5) is 11.5.